The minimum absolute atomic E-state index is 0.0753. The molecule has 3 heterocycles. The number of hydrogen-bond donors (Lipinski definition) is 1. The molecule has 2 aromatic carbocycles. The Balaban J connectivity index is 1.42. The molecular weight excluding hydrogens is 424 g/mol. The third-order valence-electron chi connectivity index (χ3n) is 7.79. The van der Waals surface area contributed by atoms with Crippen molar-refractivity contribution in [3.63, 3.8) is 0 Å². The van der Waals surface area contributed by atoms with E-state index in [4.69, 9.17) is 0 Å². The van der Waals surface area contributed by atoms with Gasteiger partial charge in [-0.2, -0.15) is 5.10 Å². The molecule has 0 radical (unpaired) electrons. The monoisotopic (exact) mass is 454 g/mol. The average Bonchev–Trinajstić information content (AvgIpc) is 3.55. The topological polar surface area (TPSA) is 71.0 Å². The van der Waals surface area contributed by atoms with Crippen molar-refractivity contribution >= 4 is 27.7 Å². The third kappa shape index (κ3) is 3.52. The molecule has 1 N–H and O–H groups in total. The Bertz CT molecular complexity index is 1430. The number of nitrogens with one attached hydrogen (secondary N) is 1. The van der Waals surface area contributed by atoms with Gasteiger partial charge in [0.15, 0.2) is 0 Å². The summed E-state index contributed by atoms with van der Waals surface area (Å²) < 4.78 is 2.04. The largest absolute Gasteiger partial charge is 0.338 e. The summed E-state index contributed by atoms with van der Waals surface area (Å²) in [4.78, 5) is 31.6. The summed E-state index contributed by atoms with van der Waals surface area (Å²) >= 11 is 0. The van der Waals surface area contributed by atoms with Crippen LogP contribution in [0.2, 0.25) is 0 Å². The zero-order chi connectivity index (χ0) is 23.2. The summed E-state index contributed by atoms with van der Waals surface area (Å²) in [6.07, 6.45) is 8.33. The predicted molar refractivity (Wildman–Crippen MR) is 134 cm³/mol. The Kier molecular flexibility index (Phi) is 5.24. The SMILES string of the molecule is Cc1cc2[nH]c(=O)c3cnn(C4CCCC4)c3c2cc1C(=O)N1CCCC(c2ccccc2)C1. The fourth-order valence-corrected chi connectivity index (χ4v) is 5.98. The summed E-state index contributed by atoms with van der Waals surface area (Å²) in [5.74, 6) is 0.442. The van der Waals surface area contributed by atoms with Gasteiger partial charge in [-0.3, -0.25) is 14.3 Å². The highest BCUT2D eigenvalue weighted by Crippen LogP contribution is 2.34. The van der Waals surface area contributed by atoms with E-state index < -0.39 is 0 Å². The first-order valence-corrected chi connectivity index (χ1v) is 12.5. The third-order valence-corrected chi connectivity index (χ3v) is 7.79. The minimum atomic E-state index is -0.119. The van der Waals surface area contributed by atoms with E-state index in [1.54, 1.807) is 6.20 Å². The van der Waals surface area contributed by atoms with Crippen LogP contribution in [0.5, 0.6) is 0 Å². The average molecular weight is 455 g/mol. The molecule has 0 spiro atoms. The number of aryl methyl sites for hydroxylation is 1. The number of hydrogen-bond acceptors (Lipinski definition) is 3. The van der Waals surface area contributed by atoms with Crippen LogP contribution in [0, 0.1) is 6.92 Å². The van der Waals surface area contributed by atoms with Gasteiger partial charge in [-0.05, 0) is 55.9 Å². The van der Waals surface area contributed by atoms with Crippen molar-refractivity contribution in [3.8, 4) is 0 Å². The van der Waals surface area contributed by atoms with Crippen molar-refractivity contribution in [2.75, 3.05) is 13.1 Å². The number of nitrogens with zero attached hydrogens (tertiary/aromatic N) is 3. The number of pyridine rings is 1. The summed E-state index contributed by atoms with van der Waals surface area (Å²) in [5.41, 5.74) is 4.42. The van der Waals surface area contributed by atoms with Gasteiger partial charge in [0.25, 0.3) is 11.5 Å². The minimum Gasteiger partial charge on any atom is -0.338 e. The summed E-state index contributed by atoms with van der Waals surface area (Å²) in [7, 11) is 0. The second-order valence-electron chi connectivity index (χ2n) is 9.96. The van der Waals surface area contributed by atoms with Gasteiger partial charge in [-0.1, -0.05) is 43.2 Å². The molecule has 6 nitrogen and oxygen atoms in total. The highest BCUT2D eigenvalue weighted by molar-refractivity contribution is 6.07. The Morgan fingerprint density at radius 1 is 1.03 bits per heavy atom. The van der Waals surface area contributed by atoms with Crippen molar-refractivity contribution in [3.05, 3.63) is 75.7 Å². The normalized spacial score (nSPS) is 19.3. The molecule has 174 valence electrons. The van der Waals surface area contributed by atoms with Gasteiger partial charge < -0.3 is 9.88 Å². The van der Waals surface area contributed by atoms with Crippen LogP contribution in [0.15, 0.2) is 53.5 Å². The first-order chi connectivity index (χ1) is 16.6. The fourth-order valence-electron chi connectivity index (χ4n) is 5.98. The molecule has 1 unspecified atom stereocenters. The quantitative estimate of drug-likeness (QED) is 0.455. The molecule has 4 aromatic rings. The molecule has 0 bridgehead atoms. The highest BCUT2D eigenvalue weighted by Gasteiger charge is 2.27. The maximum absolute atomic E-state index is 13.8. The van der Waals surface area contributed by atoms with Crippen molar-refractivity contribution in [1.29, 1.82) is 0 Å². The molecule has 1 aliphatic heterocycles. The van der Waals surface area contributed by atoms with E-state index in [1.165, 1.54) is 18.4 Å². The van der Waals surface area contributed by atoms with E-state index >= 15 is 0 Å². The molecule has 1 amide bonds. The molecule has 1 aliphatic carbocycles. The highest BCUT2D eigenvalue weighted by atomic mass is 16.2. The molecule has 1 saturated carbocycles. The number of likely N-dealkylation sites (tertiary alicyclic amines) is 1. The van der Waals surface area contributed by atoms with Gasteiger partial charge in [0, 0.05) is 30.0 Å². The first kappa shape index (κ1) is 21.1. The van der Waals surface area contributed by atoms with E-state index in [0.29, 0.717) is 22.9 Å². The van der Waals surface area contributed by atoms with E-state index in [9.17, 15) is 9.59 Å². The Morgan fingerprint density at radius 3 is 2.62 bits per heavy atom. The summed E-state index contributed by atoms with van der Waals surface area (Å²) in [6.45, 7) is 3.48. The Hall–Kier alpha value is -3.41. The van der Waals surface area contributed by atoms with Gasteiger partial charge in [0.1, 0.15) is 0 Å². The first-order valence-electron chi connectivity index (χ1n) is 12.5. The van der Waals surface area contributed by atoms with Crippen LogP contribution < -0.4 is 5.56 Å². The zero-order valence-electron chi connectivity index (χ0n) is 19.6. The molecule has 1 saturated heterocycles. The number of carbonyl (C=O) groups is 1. The number of aromatic nitrogens is 3. The van der Waals surface area contributed by atoms with Crippen LogP contribution in [0.4, 0.5) is 0 Å². The number of amides is 1. The number of carbonyl (C=O) groups excluding carboxylic acids is 1. The van der Waals surface area contributed by atoms with Crippen LogP contribution in [-0.2, 0) is 0 Å². The van der Waals surface area contributed by atoms with Crippen molar-refractivity contribution in [2.24, 2.45) is 0 Å². The standard InChI is InChI=1S/C28H30N4O2/c1-18-14-25-23(26-24(27(33)30-25)16-29-32(26)21-11-5-6-12-21)15-22(18)28(34)31-13-7-10-20(17-31)19-8-3-2-4-9-19/h2-4,8-9,14-16,20-21H,5-7,10-13,17H2,1H3,(H,30,33). The molecule has 6 heteroatoms. The number of rotatable bonds is 3. The maximum atomic E-state index is 13.8. The van der Waals surface area contributed by atoms with E-state index in [-0.39, 0.29) is 11.5 Å². The van der Waals surface area contributed by atoms with Gasteiger partial charge >= 0.3 is 0 Å². The van der Waals surface area contributed by atoms with Crippen molar-refractivity contribution < 1.29 is 4.79 Å². The van der Waals surface area contributed by atoms with E-state index in [1.807, 2.05) is 34.7 Å². The maximum Gasteiger partial charge on any atom is 0.259 e. The van der Waals surface area contributed by atoms with Crippen molar-refractivity contribution in [2.45, 2.75) is 57.4 Å². The lowest BCUT2D eigenvalue weighted by Crippen LogP contribution is -2.39. The summed E-state index contributed by atoms with van der Waals surface area (Å²) in [5, 5.41) is 6.13. The molecule has 1 atom stereocenters. The van der Waals surface area contributed by atoms with Gasteiger partial charge in [-0.25, -0.2) is 0 Å². The second-order valence-corrected chi connectivity index (χ2v) is 9.96. The smallest absolute Gasteiger partial charge is 0.259 e. The second kappa shape index (κ2) is 8.42. The molecule has 2 aliphatic rings. The van der Waals surface area contributed by atoms with Crippen LogP contribution in [0.25, 0.3) is 21.8 Å². The number of benzene rings is 2. The molecule has 2 aromatic heterocycles. The van der Waals surface area contributed by atoms with E-state index in [0.717, 1.165) is 60.8 Å². The fraction of sp³-hybridized carbons (Fsp3) is 0.393. The van der Waals surface area contributed by atoms with Gasteiger partial charge in [0.05, 0.1) is 28.7 Å². The number of piperidine rings is 1. The lowest BCUT2D eigenvalue weighted by Gasteiger charge is -2.33. The predicted octanol–water partition coefficient (Wildman–Crippen LogP) is 5.32. The lowest BCUT2D eigenvalue weighted by molar-refractivity contribution is 0.0706. The van der Waals surface area contributed by atoms with Crippen LogP contribution in [-0.4, -0.2) is 38.7 Å². The zero-order valence-corrected chi connectivity index (χ0v) is 19.6. The van der Waals surface area contributed by atoms with E-state index in [2.05, 4.69) is 34.3 Å². The Morgan fingerprint density at radius 2 is 1.82 bits per heavy atom. The number of H-pyrrole nitrogens is 1. The van der Waals surface area contributed by atoms with Crippen LogP contribution in [0.1, 0.15) is 72.0 Å². The van der Waals surface area contributed by atoms with Crippen LogP contribution >= 0.6 is 0 Å². The van der Waals surface area contributed by atoms with Gasteiger partial charge in [0.2, 0.25) is 0 Å². The number of aromatic amines is 1. The Labute approximate surface area is 198 Å². The lowest BCUT2D eigenvalue weighted by atomic mass is 9.90. The van der Waals surface area contributed by atoms with Gasteiger partial charge in [-0.15, -0.1) is 0 Å². The molecule has 2 fully saturated rings. The molecular formula is C28H30N4O2. The number of fused-ring (bicyclic) bond motifs is 3. The van der Waals surface area contributed by atoms with Crippen LogP contribution in [0.3, 0.4) is 0 Å². The molecule has 34 heavy (non-hydrogen) atoms. The molecule has 6 rings (SSSR count). The van der Waals surface area contributed by atoms with Crippen molar-refractivity contribution in [1.82, 2.24) is 19.7 Å². The summed E-state index contributed by atoms with van der Waals surface area (Å²) in [6, 6.07) is 14.8.